The van der Waals surface area contributed by atoms with Gasteiger partial charge in [0.2, 0.25) is 0 Å². The zero-order chi connectivity index (χ0) is 20.1. The van der Waals surface area contributed by atoms with Gasteiger partial charge in [-0.2, -0.15) is 0 Å². The fourth-order valence-corrected chi connectivity index (χ4v) is 4.44. The molecule has 0 saturated carbocycles. The normalized spacial score (nSPS) is 22.0. The van der Waals surface area contributed by atoms with Crippen molar-refractivity contribution in [3.63, 3.8) is 0 Å². The molecule has 2 aliphatic carbocycles. The number of aromatic amines is 1. The number of H-pyrrole nitrogens is 1. The number of nitrogens with zero attached hydrogens (tertiary/aromatic N) is 1. The second kappa shape index (κ2) is 6.73. The van der Waals surface area contributed by atoms with Gasteiger partial charge in [0.1, 0.15) is 12.0 Å². The molecule has 0 fully saturated rings. The van der Waals surface area contributed by atoms with Crippen LogP contribution in [0.4, 0.5) is 0 Å². The average Bonchev–Trinajstić information content (AvgIpc) is 3.03. The van der Waals surface area contributed by atoms with Gasteiger partial charge < -0.3 is 15.5 Å². The number of nitrogens with one attached hydrogen (secondary N) is 1. The lowest BCUT2D eigenvalue weighted by Gasteiger charge is -2.34. The lowest BCUT2D eigenvalue weighted by atomic mass is 9.71. The van der Waals surface area contributed by atoms with Crippen LogP contribution in [0.2, 0.25) is 0 Å². The van der Waals surface area contributed by atoms with Gasteiger partial charge in [-0.05, 0) is 54.2 Å². The van der Waals surface area contributed by atoms with Gasteiger partial charge in [0, 0.05) is 17.2 Å². The van der Waals surface area contributed by atoms with Gasteiger partial charge in [-0.1, -0.05) is 39.0 Å². The molecule has 2 aliphatic rings. The molecule has 5 heteroatoms. The van der Waals surface area contributed by atoms with Crippen molar-refractivity contribution < 1.29 is 9.59 Å². The minimum Gasteiger partial charge on any atom is -0.364 e. The van der Waals surface area contributed by atoms with Crippen molar-refractivity contribution in [2.75, 3.05) is 0 Å². The number of nitrogens with two attached hydrogens (primary N) is 1. The quantitative estimate of drug-likeness (QED) is 0.793. The molecule has 146 valence electrons. The summed E-state index contributed by atoms with van der Waals surface area (Å²) in [6.45, 7) is 6.87. The molecule has 0 radical (unpaired) electrons. The number of aldehydes is 1. The fraction of sp³-hybridized carbons (Fsp3) is 0.435. The molecule has 0 aliphatic heterocycles. The van der Waals surface area contributed by atoms with Crippen LogP contribution < -0.4 is 5.73 Å². The Morgan fingerprint density at radius 3 is 2.82 bits per heavy atom. The van der Waals surface area contributed by atoms with Gasteiger partial charge in [-0.15, -0.1) is 0 Å². The first kappa shape index (κ1) is 18.7. The van der Waals surface area contributed by atoms with Crippen LogP contribution in [-0.4, -0.2) is 22.2 Å². The third kappa shape index (κ3) is 3.19. The third-order valence-electron chi connectivity index (χ3n) is 6.17. The smallest absolute Gasteiger partial charge is 0.265 e. The second-order valence-electron chi connectivity index (χ2n) is 9.10. The van der Waals surface area contributed by atoms with Gasteiger partial charge in [0.05, 0.1) is 11.0 Å². The minimum absolute atomic E-state index is 0.184. The summed E-state index contributed by atoms with van der Waals surface area (Å²) in [5.41, 5.74) is 11.8. The molecule has 1 amide bonds. The van der Waals surface area contributed by atoms with Crippen LogP contribution in [-0.2, 0) is 17.6 Å². The summed E-state index contributed by atoms with van der Waals surface area (Å²) >= 11 is 0. The van der Waals surface area contributed by atoms with E-state index in [0.717, 1.165) is 47.8 Å². The highest BCUT2D eigenvalue weighted by Gasteiger charge is 2.30. The zero-order valence-corrected chi connectivity index (χ0v) is 16.7. The number of carbonyl (C=O) groups is 2. The number of carbonyl (C=O) groups excluding carboxylic acids is 2. The van der Waals surface area contributed by atoms with E-state index in [1.807, 2.05) is 18.2 Å². The van der Waals surface area contributed by atoms with Gasteiger partial charge in [-0.3, -0.25) is 9.78 Å². The molecule has 0 spiro atoms. The second-order valence-corrected chi connectivity index (χ2v) is 9.10. The van der Waals surface area contributed by atoms with Crippen LogP contribution in [0.1, 0.15) is 60.9 Å². The Balaban J connectivity index is 1.86. The Morgan fingerprint density at radius 1 is 1.36 bits per heavy atom. The number of aryl methyl sites for hydroxylation is 1. The van der Waals surface area contributed by atoms with Gasteiger partial charge in [0.15, 0.2) is 0 Å². The van der Waals surface area contributed by atoms with E-state index in [1.54, 1.807) is 0 Å². The molecular weight excluding hydrogens is 350 g/mol. The van der Waals surface area contributed by atoms with Crippen LogP contribution in [0.25, 0.3) is 16.6 Å². The molecule has 28 heavy (non-hydrogen) atoms. The Hall–Kier alpha value is -2.69. The predicted octanol–water partition coefficient (Wildman–Crippen LogP) is 3.97. The Kier molecular flexibility index (Phi) is 4.48. The van der Waals surface area contributed by atoms with Crippen molar-refractivity contribution in [1.29, 1.82) is 0 Å². The highest BCUT2D eigenvalue weighted by molar-refractivity contribution is 6.06. The lowest BCUT2D eigenvalue weighted by Crippen LogP contribution is -2.27. The summed E-state index contributed by atoms with van der Waals surface area (Å²) in [4.78, 5) is 31.6. The fourth-order valence-electron chi connectivity index (χ4n) is 4.44. The van der Waals surface area contributed by atoms with Crippen molar-refractivity contribution in [1.82, 2.24) is 9.97 Å². The van der Waals surface area contributed by atoms with Crippen LogP contribution >= 0.6 is 0 Å². The highest BCUT2D eigenvalue weighted by atomic mass is 16.1. The maximum atomic E-state index is 12.1. The highest BCUT2D eigenvalue weighted by Crippen LogP contribution is 2.39. The maximum Gasteiger partial charge on any atom is 0.265 e. The number of amides is 1. The monoisotopic (exact) mass is 377 g/mol. The minimum atomic E-state index is -0.513. The number of primary amides is 1. The van der Waals surface area contributed by atoms with Gasteiger partial charge in [0.25, 0.3) is 5.91 Å². The van der Waals surface area contributed by atoms with Crippen LogP contribution in [0, 0.1) is 17.3 Å². The van der Waals surface area contributed by atoms with Crippen LogP contribution in [0.3, 0.4) is 0 Å². The molecule has 4 rings (SSSR count). The SMILES string of the molecule is CC(C)(C)C1CCc2nc3c(C4=CC(C=O)CC=C4)c(C(N)=O)[nH]c3cc2C1. The summed E-state index contributed by atoms with van der Waals surface area (Å²) in [6.07, 6.45) is 10.5. The summed E-state index contributed by atoms with van der Waals surface area (Å²) in [7, 11) is 0. The van der Waals surface area contributed by atoms with E-state index in [9.17, 15) is 9.59 Å². The molecule has 0 bridgehead atoms. The molecule has 2 aromatic rings. The van der Waals surface area contributed by atoms with Crippen molar-refractivity contribution in [3.8, 4) is 0 Å². The standard InChI is InChI=1S/C23H27N3O2/c1-23(2,3)16-7-8-17-15(10-16)11-18-20(25-17)19(21(26-18)22(24)28)14-6-4-5-13(9-14)12-27/h4,6,9,11-13,16,26H,5,7-8,10H2,1-3H3,(H2,24,28). The van der Waals surface area contributed by atoms with E-state index in [-0.39, 0.29) is 11.3 Å². The average molecular weight is 377 g/mol. The van der Waals surface area contributed by atoms with Crippen molar-refractivity contribution >= 4 is 28.8 Å². The molecule has 0 aromatic carbocycles. The molecule has 2 heterocycles. The number of rotatable bonds is 3. The summed E-state index contributed by atoms with van der Waals surface area (Å²) in [6, 6.07) is 2.13. The molecular formula is C23H27N3O2. The number of aromatic nitrogens is 2. The number of hydrogen-bond donors (Lipinski definition) is 2. The molecule has 2 aromatic heterocycles. The number of hydrogen-bond acceptors (Lipinski definition) is 3. The van der Waals surface area contributed by atoms with Crippen molar-refractivity contribution in [3.05, 3.63) is 46.8 Å². The molecule has 5 nitrogen and oxygen atoms in total. The first-order chi connectivity index (χ1) is 13.3. The zero-order valence-electron chi connectivity index (χ0n) is 16.7. The Labute approximate surface area is 165 Å². The van der Waals surface area contributed by atoms with E-state index >= 15 is 0 Å². The van der Waals surface area contributed by atoms with E-state index in [4.69, 9.17) is 10.7 Å². The maximum absolute atomic E-state index is 12.1. The molecule has 2 atom stereocenters. The molecule has 0 saturated heterocycles. The Morgan fingerprint density at radius 2 is 2.14 bits per heavy atom. The first-order valence-electron chi connectivity index (χ1n) is 9.96. The first-order valence-corrected chi connectivity index (χ1v) is 9.96. The summed E-state index contributed by atoms with van der Waals surface area (Å²) < 4.78 is 0. The summed E-state index contributed by atoms with van der Waals surface area (Å²) in [5, 5.41) is 0. The largest absolute Gasteiger partial charge is 0.364 e. The topological polar surface area (TPSA) is 88.8 Å². The van der Waals surface area contributed by atoms with E-state index < -0.39 is 5.91 Å². The third-order valence-corrected chi connectivity index (χ3v) is 6.17. The van der Waals surface area contributed by atoms with Gasteiger partial charge >= 0.3 is 0 Å². The lowest BCUT2D eigenvalue weighted by molar-refractivity contribution is -0.109. The molecule has 2 unspecified atom stereocenters. The summed E-state index contributed by atoms with van der Waals surface area (Å²) in [5.74, 6) is -0.0847. The number of pyridine rings is 1. The van der Waals surface area contributed by atoms with E-state index in [2.05, 4.69) is 31.8 Å². The predicted molar refractivity (Wildman–Crippen MR) is 111 cm³/mol. The van der Waals surface area contributed by atoms with Crippen LogP contribution in [0.15, 0.2) is 24.3 Å². The Bertz CT molecular complexity index is 1020. The van der Waals surface area contributed by atoms with E-state index in [1.165, 1.54) is 5.56 Å². The number of fused-ring (bicyclic) bond motifs is 2. The molecule has 3 N–H and O–H groups in total. The van der Waals surface area contributed by atoms with Crippen LogP contribution in [0.5, 0.6) is 0 Å². The van der Waals surface area contributed by atoms with Gasteiger partial charge in [-0.25, -0.2) is 0 Å². The van der Waals surface area contributed by atoms with Crippen molar-refractivity contribution in [2.45, 2.75) is 46.5 Å². The van der Waals surface area contributed by atoms with E-state index in [0.29, 0.717) is 23.6 Å². The number of allylic oxidation sites excluding steroid dienone is 4. The van der Waals surface area contributed by atoms with Crippen molar-refractivity contribution in [2.24, 2.45) is 23.0 Å².